The summed E-state index contributed by atoms with van der Waals surface area (Å²) in [4.78, 5) is 27.2. The van der Waals surface area contributed by atoms with Crippen LogP contribution in [0.4, 0.5) is 0 Å². The molecule has 1 aromatic rings. The Bertz CT molecular complexity index is 512. The van der Waals surface area contributed by atoms with Crippen LogP contribution >= 0.6 is 0 Å². The van der Waals surface area contributed by atoms with Crippen molar-refractivity contribution in [3.8, 4) is 0 Å². The Hall–Kier alpha value is -2.17. The van der Waals surface area contributed by atoms with E-state index in [0.717, 1.165) is 19.3 Å². The van der Waals surface area contributed by atoms with Crippen LogP contribution in [-0.4, -0.2) is 29.9 Å². The van der Waals surface area contributed by atoms with Crippen LogP contribution in [0.2, 0.25) is 0 Å². The number of nitrogens with zero attached hydrogens (tertiary/aromatic N) is 1. The van der Waals surface area contributed by atoms with Gasteiger partial charge in [-0.05, 0) is 44.2 Å². The average molecular weight is 287 g/mol. The van der Waals surface area contributed by atoms with E-state index in [4.69, 9.17) is 0 Å². The van der Waals surface area contributed by atoms with E-state index in [0.29, 0.717) is 12.1 Å². The molecule has 1 aliphatic carbocycles. The van der Waals surface area contributed by atoms with Crippen LogP contribution < -0.4 is 10.6 Å². The number of carbonyl (C=O) groups is 2. The molecule has 112 valence electrons. The fourth-order valence-electron chi connectivity index (χ4n) is 2.32. The fraction of sp³-hybridized carbons (Fsp3) is 0.438. The molecule has 0 radical (unpaired) electrons. The number of allylic oxidation sites excluding steroid dienone is 1. The van der Waals surface area contributed by atoms with Gasteiger partial charge >= 0.3 is 0 Å². The normalized spacial score (nSPS) is 14.2. The third-order valence-electron chi connectivity index (χ3n) is 3.51. The fourth-order valence-corrected chi connectivity index (χ4v) is 2.32. The summed E-state index contributed by atoms with van der Waals surface area (Å²) in [6.07, 6.45) is 11.1. The van der Waals surface area contributed by atoms with Crippen molar-refractivity contribution in [2.75, 3.05) is 13.1 Å². The maximum absolute atomic E-state index is 11.7. The summed E-state index contributed by atoms with van der Waals surface area (Å²) >= 11 is 0. The van der Waals surface area contributed by atoms with E-state index in [1.807, 2.05) is 0 Å². The van der Waals surface area contributed by atoms with Crippen LogP contribution in [0.1, 0.15) is 42.5 Å². The molecular formula is C16H21N3O2. The summed E-state index contributed by atoms with van der Waals surface area (Å²) in [5, 5.41) is 5.42. The highest BCUT2D eigenvalue weighted by atomic mass is 16.2. The molecule has 5 heteroatoms. The van der Waals surface area contributed by atoms with Crippen LogP contribution in [0.25, 0.3) is 0 Å². The lowest BCUT2D eigenvalue weighted by atomic mass is 9.97. The van der Waals surface area contributed by atoms with E-state index < -0.39 is 0 Å². The van der Waals surface area contributed by atoms with Gasteiger partial charge in [0.05, 0.1) is 6.54 Å². The number of amides is 2. The summed E-state index contributed by atoms with van der Waals surface area (Å²) in [7, 11) is 0. The minimum atomic E-state index is -0.262. The number of carbonyl (C=O) groups excluding carboxylic acids is 2. The number of pyridine rings is 1. The first-order valence-corrected chi connectivity index (χ1v) is 7.38. The van der Waals surface area contributed by atoms with Crippen molar-refractivity contribution in [3.05, 3.63) is 41.7 Å². The van der Waals surface area contributed by atoms with Crippen molar-refractivity contribution in [1.82, 2.24) is 15.6 Å². The molecule has 2 N–H and O–H groups in total. The molecule has 0 atom stereocenters. The number of nitrogens with one attached hydrogen (secondary N) is 2. The van der Waals surface area contributed by atoms with Gasteiger partial charge in [0.25, 0.3) is 5.91 Å². The molecule has 0 saturated heterocycles. The van der Waals surface area contributed by atoms with Crippen molar-refractivity contribution in [1.29, 1.82) is 0 Å². The molecule has 5 nitrogen and oxygen atoms in total. The van der Waals surface area contributed by atoms with Gasteiger partial charge < -0.3 is 10.6 Å². The van der Waals surface area contributed by atoms with E-state index in [1.54, 1.807) is 24.5 Å². The number of hydrogen-bond acceptors (Lipinski definition) is 3. The van der Waals surface area contributed by atoms with Gasteiger partial charge in [-0.1, -0.05) is 11.6 Å². The molecule has 0 bridgehead atoms. The van der Waals surface area contributed by atoms with Crippen molar-refractivity contribution < 1.29 is 9.59 Å². The lowest BCUT2D eigenvalue weighted by Gasteiger charge is -2.13. The van der Waals surface area contributed by atoms with Crippen molar-refractivity contribution in [2.45, 2.75) is 32.1 Å². The standard InChI is InChI=1S/C16H21N3O2/c20-15(18-11-6-13-4-2-1-3-5-13)12-19-16(21)14-7-9-17-10-8-14/h4,7-10H,1-3,5-6,11-12H2,(H,18,20)(H,19,21). The first-order chi connectivity index (χ1) is 10.3. The minimum absolute atomic E-state index is 0.000202. The van der Waals surface area contributed by atoms with Crippen molar-refractivity contribution in [3.63, 3.8) is 0 Å². The highest BCUT2D eigenvalue weighted by Crippen LogP contribution is 2.19. The Balaban J connectivity index is 1.63. The summed E-state index contributed by atoms with van der Waals surface area (Å²) in [6, 6.07) is 3.23. The van der Waals surface area contributed by atoms with Gasteiger partial charge in [-0.25, -0.2) is 0 Å². The number of aromatic nitrogens is 1. The third-order valence-corrected chi connectivity index (χ3v) is 3.51. The molecule has 0 saturated carbocycles. The topological polar surface area (TPSA) is 71.1 Å². The van der Waals surface area contributed by atoms with Crippen LogP contribution in [-0.2, 0) is 4.79 Å². The predicted octanol–water partition coefficient (Wildman–Crippen LogP) is 1.82. The van der Waals surface area contributed by atoms with E-state index in [-0.39, 0.29) is 18.4 Å². The lowest BCUT2D eigenvalue weighted by Crippen LogP contribution is -2.37. The highest BCUT2D eigenvalue weighted by molar-refractivity contribution is 5.96. The number of hydrogen-bond donors (Lipinski definition) is 2. The SMILES string of the molecule is O=C(CNC(=O)c1ccncc1)NCCC1=CCCCC1. The van der Waals surface area contributed by atoms with Crippen LogP contribution in [0.3, 0.4) is 0 Å². The van der Waals surface area contributed by atoms with Gasteiger partial charge in [0, 0.05) is 24.5 Å². The molecule has 2 rings (SSSR count). The summed E-state index contributed by atoms with van der Waals surface area (Å²) in [5.74, 6) is -0.420. The molecule has 2 amide bonds. The minimum Gasteiger partial charge on any atom is -0.354 e. The molecular weight excluding hydrogens is 266 g/mol. The molecule has 0 unspecified atom stereocenters. The van der Waals surface area contributed by atoms with Crippen LogP contribution in [0.5, 0.6) is 0 Å². The second-order valence-corrected chi connectivity index (χ2v) is 5.13. The molecule has 0 fully saturated rings. The zero-order chi connectivity index (χ0) is 14.9. The van der Waals surface area contributed by atoms with Gasteiger partial charge in [-0.15, -0.1) is 0 Å². The first-order valence-electron chi connectivity index (χ1n) is 7.38. The Morgan fingerprint density at radius 2 is 1.95 bits per heavy atom. The third kappa shape index (κ3) is 5.38. The van der Waals surface area contributed by atoms with Gasteiger partial charge in [0.1, 0.15) is 0 Å². The maximum Gasteiger partial charge on any atom is 0.251 e. The van der Waals surface area contributed by atoms with Crippen LogP contribution in [0.15, 0.2) is 36.2 Å². The largest absolute Gasteiger partial charge is 0.354 e. The molecule has 0 spiro atoms. The predicted molar refractivity (Wildman–Crippen MR) is 80.7 cm³/mol. The highest BCUT2D eigenvalue weighted by Gasteiger charge is 2.08. The quantitative estimate of drug-likeness (QED) is 0.784. The zero-order valence-electron chi connectivity index (χ0n) is 12.1. The van der Waals surface area contributed by atoms with Crippen molar-refractivity contribution >= 4 is 11.8 Å². The van der Waals surface area contributed by atoms with Gasteiger partial charge in [0.2, 0.25) is 5.91 Å². The van der Waals surface area contributed by atoms with Gasteiger partial charge in [-0.3, -0.25) is 14.6 Å². The summed E-state index contributed by atoms with van der Waals surface area (Å²) in [5.41, 5.74) is 1.94. The molecule has 21 heavy (non-hydrogen) atoms. The summed E-state index contributed by atoms with van der Waals surface area (Å²) < 4.78 is 0. The van der Waals surface area contributed by atoms with E-state index in [9.17, 15) is 9.59 Å². The Morgan fingerprint density at radius 3 is 2.67 bits per heavy atom. The van der Waals surface area contributed by atoms with E-state index in [1.165, 1.54) is 18.4 Å². The maximum atomic E-state index is 11.7. The zero-order valence-corrected chi connectivity index (χ0v) is 12.1. The second kappa shape index (κ2) is 8.19. The van der Waals surface area contributed by atoms with Gasteiger partial charge in [0.15, 0.2) is 0 Å². The average Bonchev–Trinajstić information content (AvgIpc) is 2.54. The first kappa shape index (κ1) is 15.2. The monoisotopic (exact) mass is 287 g/mol. The Kier molecular flexibility index (Phi) is 5.94. The van der Waals surface area contributed by atoms with E-state index >= 15 is 0 Å². The molecule has 0 aliphatic heterocycles. The smallest absolute Gasteiger partial charge is 0.251 e. The van der Waals surface area contributed by atoms with Crippen molar-refractivity contribution in [2.24, 2.45) is 0 Å². The summed E-state index contributed by atoms with van der Waals surface area (Å²) in [6.45, 7) is 0.635. The van der Waals surface area contributed by atoms with E-state index in [2.05, 4.69) is 21.7 Å². The Morgan fingerprint density at radius 1 is 1.14 bits per heavy atom. The Labute approximate surface area is 124 Å². The second-order valence-electron chi connectivity index (χ2n) is 5.13. The molecule has 1 heterocycles. The molecule has 1 aliphatic rings. The lowest BCUT2D eigenvalue weighted by molar-refractivity contribution is -0.120. The van der Waals surface area contributed by atoms with Crippen LogP contribution in [0, 0.1) is 0 Å². The molecule has 1 aromatic heterocycles. The number of rotatable bonds is 6. The molecule has 0 aromatic carbocycles. The van der Waals surface area contributed by atoms with Gasteiger partial charge in [-0.2, -0.15) is 0 Å².